The van der Waals surface area contributed by atoms with Crippen LogP contribution in [0.1, 0.15) is 95.4 Å². The number of phenols is 1. The number of amides is 1. The lowest BCUT2D eigenvalue weighted by Crippen LogP contribution is -2.21. The lowest BCUT2D eigenvalue weighted by atomic mass is 9.84. The second-order valence-electron chi connectivity index (χ2n) is 9.60. The molecule has 3 N–H and O–H groups in total. The first kappa shape index (κ1) is 25.7. The van der Waals surface area contributed by atoms with Gasteiger partial charge in [0.15, 0.2) is 0 Å². The second kappa shape index (κ2) is 11.4. The number of unbranched alkanes of at least 4 members (excludes halogenated alkanes) is 2. The molecule has 1 amide bonds. The minimum Gasteiger partial charge on any atom is -0.508 e. The molecule has 2 atom stereocenters. The maximum Gasteiger partial charge on any atom is 0.224 e. The Bertz CT molecular complexity index is 899. The van der Waals surface area contributed by atoms with Crippen LogP contribution >= 0.6 is 0 Å². The molecule has 32 heavy (non-hydrogen) atoms. The summed E-state index contributed by atoms with van der Waals surface area (Å²) >= 11 is 0. The van der Waals surface area contributed by atoms with E-state index in [2.05, 4.69) is 33.0 Å². The fourth-order valence-corrected chi connectivity index (χ4v) is 4.05. The van der Waals surface area contributed by atoms with Crippen LogP contribution in [0.25, 0.3) is 0 Å². The van der Waals surface area contributed by atoms with E-state index in [1.54, 1.807) is 26.2 Å². The van der Waals surface area contributed by atoms with E-state index in [4.69, 9.17) is 4.74 Å². The molecule has 0 fully saturated rings. The first-order chi connectivity index (χ1) is 15.1. The zero-order valence-corrected chi connectivity index (χ0v) is 20.4. The Balaban J connectivity index is 2.31. The Hall–Kier alpha value is -2.53. The number of aliphatic hydroxyl groups is 1. The predicted molar refractivity (Wildman–Crippen MR) is 131 cm³/mol. The van der Waals surface area contributed by atoms with Crippen LogP contribution in [0.3, 0.4) is 0 Å². The third-order valence-electron chi connectivity index (χ3n) is 5.85. The molecule has 0 saturated carbocycles. The van der Waals surface area contributed by atoms with E-state index in [9.17, 15) is 15.0 Å². The van der Waals surface area contributed by atoms with E-state index < -0.39 is 6.10 Å². The van der Waals surface area contributed by atoms with Crippen molar-refractivity contribution in [1.29, 1.82) is 0 Å². The van der Waals surface area contributed by atoms with Gasteiger partial charge in [-0.05, 0) is 53.5 Å². The van der Waals surface area contributed by atoms with Crippen molar-refractivity contribution in [3.63, 3.8) is 0 Å². The molecule has 0 saturated heterocycles. The Morgan fingerprint density at radius 3 is 2.44 bits per heavy atom. The molecule has 0 aliphatic rings. The first-order valence-electron chi connectivity index (χ1n) is 11.6. The summed E-state index contributed by atoms with van der Waals surface area (Å²) in [6, 6.07) is 10.9. The minimum absolute atomic E-state index is 0.0184. The quantitative estimate of drug-likeness (QED) is 0.371. The smallest absolute Gasteiger partial charge is 0.224 e. The lowest BCUT2D eigenvalue weighted by molar-refractivity contribution is -0.116. The summed E-state index contributed by atoms with van der Waals surface area (Å²) in [5, 5.41) is 23.0. The van der Waals surface area contributed by atoms with Crippen LogP contribution in [-0.4, -0.2) is 23.2 Å². The monoisotopic (exact) mass is 441 g/mol. The van der Waals surface area contributed by atoms with Gasteiger partial charge in [-0.3, -0.25) is 4.79 Å². The van der Waals surface area contributed by atoms with Crippen LogP contribution in [0.2, 0.25) is 0 Å². The number of hydrogen-bond donors (Lipinski definition) is 3. The molecule has 176 valence electrons. The van der Waals surface area contributed by atoms with Crippen molar-refractivity contribution in [2.45, 2.75) is 84.2 Å². The summed E-state index contributed by atoms with van der Waals surface area (Å²) in [5.74, 6) is 0.655. The van der Waals surface area contributed by atoms with Crippen LogP contribution in [0.5, 0.6) is 11.5 Å². The maximum atomic E-state index is 13.2. The van der Waals surface area contributed by atoms with Crippen molar-refractivity contribution in [2.24, 2.45) is 0 Å². The number of methoxy groups -OCH3 is 1. The number of rotatable bonds is 10. The summed E-state index contributed by atoms with van der Waals surface area (Å²) in [4.78, 5) is 13.2. The van der Waals surface area contributed by atoms with Gasteiger partial charge in [0.1, 0.15) is 11.5 Å². The number of hydrogen-bond acceptors (Lipinski definition) is 4. The van der Waals surface area contributed by atoms with Crippen molar-refractivity contribution in [3.05, 3.63) is 53.1 Å². The van der Waals surface area contributed by atoms with E-state index in [1.807, 2.05) is 24.3 Å². The molecule has 0 aliphatic heterocycles. The molecule has 0 bridgehead atoms. The topological polar surface area (TPSA) is 78.8 Å². The van der Waals surface area contributed by atoms with E-state index in [-0.39, 0.29) is 23.0 Å². The Morgan fingerprint density at radius 2 is 1.84 bits per heavy atom. The highest BCUT2D eigenvalue weighted by atomic mass is 16.5. The van der Waals surface area contributed by atoms with Gasteiger partial charge in [-0.1, -0.05) is 65.2 Å². The SMILES string of the molecule is CCCCCC(CC(=O)Nc1cc(C(C)O)ccc1C(C)(C)C)c1ccc(O)cc1OC. The maximum absolute atomic E-state index is 13.2. The Kier molecular flexibility index (Phi) is 9.14. The zero-order valence-electron chi connectivity index (χ0n) is 20.4. The minimum atomic E-state index is -0.609. The predicted octanol–water partition coefficient (Wildman–Crippen LogP) is 6.44. The van der Waals surface area contributed by atoms with Crippen molar-refractivity contribution < 1.29 is 19.7 Å². The van der Waals surface area contributed by atoms with E-state index >= 15 is 0 Å². The highest BCUT2D eigenvalue weighted by Gasteiger charge is 2.23. The molecule has 2 rings (SSSR count). The van der Waals surface area contributed by atoms with Crippen LogP contribution in [0.15, 0.2) is 36.4 Å². The van der Waals surface area contributed by atoms with Crippen LogP contribution in [-0.2, 0) is 10.2 Å². The fourth-order valence-electron chi connectivity index (χ4n) is 4.05. The van der Waals surface area contributed by atoms with Gasteiger partial charge >= 0.3 is 0 Å². The highest BCUT2D eigenvalue weighted by Crippen LogP contribution is 2.36. The number of carbonyl (C=O) groups excluding carboxylic acids is 1. The van der Waals surface area contributed by atoms with Crippen LogP contribution in [0, 0.1) is 0 Å². The van der Waals surface area contributed by atoms with Gasteiger partial charge in [0.05, 0.1) is 13.2 Å². The van der Waals surface area contributed by atoms with E-state index in [0.717, 1.165) is 48.1 Å². The fraction of sp³-hybridized carbons (Fsp3) is 0.519. The summed E-state index contributed by atoms with van der Waals surface area (Å²) in [6.07, 6.45) is 3.79. The Morgan fingerprint density at radius 1 is 1.12 bits per heavy atom. The van der Waals surface area contributed by atoms with Crippen LogP contribution in [0.4, 0.5) is 5.69 Å². The molecular weight excluding hydrogens is 402 g/mol. The van der Waals surface area contributed by atoms with Gasteiger partial charge in [-0.15, -0.1) is 0 Å². The highest BCUT2D eigenvalue weighted by molar-refractivity contribution is 5.92. The van der Waals surface area contributed by atoms with Crippen LogP contribution < -0.4 is 10.1 Å². The molecular formula is C27H39NO4. The molecule has 2 aromatic carbocycles. The largest absolute Gasteiger partial charge is 0.508 e. The van der Waals surface area contributed by atoms with Gasteiger partial charge < -0.3 is 20.3 Å². The number of aliphatic hydroxyl groups excluding tert-OH is 1. The third-order valence-corrected chi connectivity index (χ3v) is 5.85. The normalized spacial score (nSPS) is 13.5. The number of nitrogens with one attached hydrogen (secondary N) is 1. The number of carbonyl (C=O) groups is 1. The molecule has 2 aromatic rings. The summed E-state index contributed by atoms with van der Waals surface area (Å²) in [7, 11) is 1.58. The van der Waals surface area contributed by atoms with Gasteiger partial charge in [0.25, 0.3) is 0 Å². The molecule has 2 unspecified atom stereocenters. The summed E-state index contributed by atoms with van der Waals surface area (Å²) in [5.41, 5.74) is 3.32. The number of anilines is 1. The van der Waals surface area contributed by atoms with Crippen molar-refractivity contribution in [2.75, 3.05) is 12.4 Å². The molecule has 0 aliphatic carbocycles. The summed E-state index contributed by atoms with van der Waals surface area (Å²) < 4.78 is 5.50. The van der Waals surface area contributed by atoms with Crippen molar-refractivity contribution in [3.8, 4) is 11.5 Å². The van der Waals surface area contributed by atoms with E-state index in [0.29, 0.717) is 12.2 Å². The van der Waals surface area contributed by atoms with Gasteiger partial charge in [-0.2, -0.15) is 0 Å². The number of phenolic OH excluding ortho intramolecular Hbond substituents is 1. The van der Waals surface area contributed by atoms with E-state index in [1.165, 1.54) is 0 Å². The second-order valence-corrected chi connectivity index (χ2v) is 9.60. The molecule has 0 radical (unpaired) electrons. The number of aromatic hydroxyl groups is 1. The van der Waals surface area contributed by atoms with Crippen molar-refractivity contribution >= 4 is 11.6 Å². The third kappa shape index (κ3) is 6.99. The first-order valence-corrected chi connectivity index (χ1v) is 11.6. The lowest BCUT2D eigenvalue weighted by Gasteiger charge is -2.25. The Labute approximate surface area is 192 Å². The molecule has 0 heterocycles. The average molecular weight is 442 g/mol. The average Bonchev–Trinajstić information content (AvgIpc) is 2.72. The summed E-state index contributed by atoms with van der Waals surface area (Å²) in [6.45, 7) is 10.2. The zero-order chi connectivity index (χ0) is 23.9. The molecule has 0 aromatic heterocycles. The van der Waals surface area contributed by atoms with Gasteiger partial charge in [-0.25, -0.2) is 0 Å². The standard InChI is InChI=1S/C27H39NO4/c1-7-8-9-10-20(22-13-12-21(30)17-25(22)32-6)16-26(31)28-24-15-19(18(2)29)11-14-23(24)27(3,4)5/h11-15,17-18,20,29-30H,7-10,16H2,1-6H3,(H,28,31). The molecule has 0 spiro atoms. The van der Waals surface area contributed by atoms with Gasteiger partial charge in [0.2, 0.25) is 5.91 Å². The van der Waals surface area contributed by atoms with Crippen molar-refractivity contribution in [1.82, 2.24) is 0 Å². The number of benzene rings is 2. The number of ether oxygens (including phenoxy) is 1. The molecule has 5 nitrogen and oxygen atoms in total. The van der Waals surface area contributed by atoms with Gasteiger partial charge in [0, 0.05) is 18.2 Å². The molecule has 5 heteroatoms.